The summed E-state index contributed by atoms with van der Waals surface area (Å²) in [6.45, 7) is 0.219. The molecule has 0 bridgehead atoms. The van der Waals surface area contributed by atoms with Crippen molar-refractivity contribution in [3.63, 3.8) is 0 Å². The van der Waals surface area contributed by atoms with E-state index < -0.39 is 13.0 Å². The number of halogens is 3. The maximum atomic E-state index is 11.8. The highest BCUT2D eigenvalue weighted by Gasteiger charge is 2.28. The maximum Gasteiger partial charge on any atom is 0.522 e. The number of hydrogen-bond acceptors (Lipinski definition) is 3. The topological polar surface area (TPSA) is 30.5 Å². The van der Waals surface area contributed by atoms with Gasteiger partial charge in [0.1, 0.15) is 12.4 Å². The summed E-state index contributed by atoms with van der Waals surface area (Å²) in [5.74, 6) is 0.581. The lowest BCUT2D eigenvalue weighted by Gasteiger charge is -2.21. The molecule has 0 atom stereocenters. The van der Waals surface area contributed by atoms with Crippen LogP contribution in [0.25, 0.3) is 0 Å². The minimum absolute atomic E-state index is 0.127. The van der Waals surface area contributed by atoms with Gasteiger partial charge in [-0.3, -0.25) is 4.74 Å². The smallest absolute Gasteiger partial charge is 0.489 e. The van der Waals surface area contributed by atoms with Gasteiger partial charge in [0.25, 0.3) is 0 Å². The van der Waals surface area contributed by atoms with E-state index in [9.17, 15) is 13.2 Å². The number of rotatable bonds is 4. The summed E-state index contributed by atoms with van der Waals surface area (Å²) >= 11 is 0. The molecule has 1 aliphatic rings. The molecule has 1 heterocycles. The molecule has 100 valence electrons. The highest BCUT2D eigenvalue weighted by molar-refractivity contribution is 5.63. The number of nitrogens with one attached hydrogen (secondary N) is 1. The molecule has 0 radical (unpaired) electrons. The number of fused-ring (bicyclic) bond motifs is 1. The van der Waals surface area contributed by atoms with Crippen LogP contribution in [0, 0.1) is 0 Å². The van der Waals surface area contributed by atoms with Gasteiger partial charge in [-0.15, -0.1) is 13.2 Å². The molecule has 0 aromatic heterocycles. The quantitative estimate of drug-likeness (QED) is 0.845. The molecule has 3 nitrogen and oxygen atoms in total. The number of para-hydroxylation sites is 1. The predicted molar refractivity (Wildman–Crippen MR) is 60.8 cm³/mol. The highest BCUT2D eigenvalue weighted by Crippen LogP contribution is 2.31. The van der Waals surface area contributed by atoms with Gasteiger partial charge in [-0.1, -0.05) is 12.1 Å². The highest BCUT2D eigenvalue weighted by atomic mass is 19.4. The summed E-state index contributed by atoms with van der Waals surface area (Å²) < 4.78 is 44.3. The lowest BCUT2D eigenvalue weighted by Crippen LogP contribution is -2.19. The lowest BCUT2D eigenvalue weighted by atomic mass is 10.0. The number of anilines is 1. The Morgan fingerprint density at radius 1 is 1.22 bits per heavy atom. The Bertz CT molecular complexity index is 407. The van der Waals surface area contributed by atoms with Gasteiger partial charge in [0.05, 0.1) is 12.3 Å². The summed E-state index contributed by atoms with van der Waals surface area (Å²) in [5, 5.41) is 3.20. The normalized spacial score (nSPS) is 14.8. The van der Waals surface area contributed by atoms with Crippen molar-refractivity contribution in [3.05, 3.63) is 23.8 Å². The van der Waals surface area contributed by atoms with E-state index in [2.05, 4.69) is 10.1 Å². The number of ether oxygens (including phenoxy) is 2. The first-order chi connectivity index (χ1) is 8.56. The SMILES string of the molecule is FC(F)(F)OCCOc1cccc2c1NCCC2. The van der Waals surface area contributed by atoms with Crippen molar-refractivity contribution in [1.29, 1.82) is 0 Å². The zero-order valence-electron chi connectivity index (χ0n) is 9.72. The standard InChI is InChI=1S/C12H14F3NO2/c13-12(14,15)18-8-7-17-10-5-1-3-9-4-2-6-16-11(9)10/h1,3,5,16H,2,4,6-8H2. The van der Waals surface area contributed by atoms with Gasteiger partial charge >= 0.3 is 6.36 Å². The molecule has 1 N–H and O–H groups in total. The molecular formula is C12H14F3NO2. The van der Waals surface area contributed by atoms with Crippen LogP contribution in [0.5, 0.6) is 5.75 Å². The summed E-state index contributed by atoms with van der Waals surface area (Å²) in [5.41, 5.74) is 2.02. The van der Waals surface area contributed by atoms with Crippen LogP contribution in [-0.2, 0) is 11.2 Å². The molecule has 0 fully saturated rings. The molecule has 0 amide bonds. The molecule has 0 saturated heterocycles. The van der Waals surface area contributed by atoms with Gasteiger partial charge in [-0.05, 0) is 24.5 Å². The summed E-state index contributed by atoms with van der Waals surface area (Å²) in [4.78, 5) is 0. The zero-order chi connectivity index (χ0) is 13.0. The van der Waals surface area contributed by atoms with Gasteiger partial charge in [0.2, 0.25) is 0 Å². The Morgan fingerprint density at radius 3 is 2.83 bits per heavy atom. The Hall–Kier alpha value is -1.43. The van der Waals surface area contributed by atoms with Crippen molar-refractivity contribution in [2.45, 2.75) is 19.2 Å². The summed E-state index contributed by atoms with van der Waals surface area (Å²) in [6, 6.07) is 5.57. The van der Waals surface area contributed by atoms with Crippen LogP contribution in [0.4, 0.5) is 18.9 Å². The van der Waals surface area contributed by atoms with Crippen LogP contribution in [0.2, 0.25) is 0 Å². The Labute approximate surface area is 103 Å². The van der Waals surface area contributed by atoms with Crippen molar-refractivity contribution >= 4 is 5.69 Å². The first-order valence-corrected chi connectivity index (χ1v) is 5.75. The molecular weight excluding hydrogens is 247 g/mol. The molecule has 18 heavy (non-hydrogen) atoms. The van der Waals surface area contributed by atoms with Crippen LogP contribution in [0.1, 0.15) is 12.0 Å². The minimum atomic E-state index is -4.60. The fraction of sp³-hybridized carbons (Fsp3) is 0.500. The predicted octanol–water partition coefficient (Wildman–Crippen LogP) is 2.96. The summed E-state index contributed by atoms with van der Waals surface area (Å²) in [6.07, 6.45) is -2.59. The van der Waals surface area contributed by atoms with E-state index in [1.54, 1.807) is 6.07 Å². The Balaban J connectivity index is 1.90. The van der Waals surface area contributed by atoms with Gasteiger partial charge in [-0.2, -0.15) is 0 Å². The fourth-order valence-electron chi connectivity index (χ4n) is 1.91. The zero-order valence-corrected chi connectivity index (χ0v) is 9.72. The van der Waals surface area contributed by atoms with Crippen LogP contribution < -0.4 is 10.1 Å². The fourth-order valence-corrected chi connectivity index (χ4v) is 1.91. The molecule has 0 saturated carbocycles. The van der Waals surface area contributed by atoms with Gasteiger partial charge < -0.3 is 10.1 Å². The third-order valence-electron chi connectivity index (χ3n) is 2.64. The number of benzene rings is 1. The maximum absolute atomic E-state index is 11.8. The van der Waals surface area contributed by atoms with Crippen LogP contribution in [0.15, 0.2) is 18.2 Å². The van der Waals surface area contributed by atoms with Crippen molar-refractivity contribution < 1.29 is 22.6 Å². The Kier molecular flexibility index (Phi) is 3.96. The second-order valence-electron chi connectivity index (χ2n) is 3.96. The van der Waals surface area contributed by atoms with E-state index in [1.807, 2.05) is 12.1 Å². The summed E-state index contributed by atoms with van der Waals surface area (Å²) in [7, 11) is 0. The lowest BCUT2D eigenvalue weighted by molar-refractivity contribution is -0.325. The van der Waals surface area contributed by atoms with Gasteiger partial charge in [0.15, 0.2) is 0 Å². The van der Waals surface area contributed by atoms with E-state index >= 15 is 0 Å². The molecule has 0 unspecified atom stereocenters. The number of alkyl halides is 3. The van der Waals surface area contributed by atoms with E-state index in [4.69, 9.17) is 4.74 Å². The average molecular weight is 261 g/mol. The first kappa shape index (κ1) is 13.0. The molecule has 1 aromatic carbocycles. The van der Waals surface area contributed by atoms with E-state index in [0.717, 1.165) is 30.6 Å². The van der Waals surface area contributed by atoms with Gasteiger partial charge in [0, 0.05) is 6.54 Å². The van der Waals surface area contributed by atoms with Gasteiger partial charge in [-0.25, -0.2) is 0 Å². The number of aryl methyl sites for hydroxylation is 1. The average Bonchev–Trinajstić information content (AvgIpc) is 2.33. The van der Waals surface area contributed by atoms with Crippen molar-refractivity contribution in [2.24, 2.45) is 0 Å². The molecule has 2 rings (SSSR count). The van der Waals surface area contributed by atoms with Crippen LogP contribution >= 0.6 is 0 Å². The van der Waals surface area contributed by atoms with Crippen LogP contribution in [-0.4, -0.2) is 26.1 Å². The van der Waals surface area contributed by atoms with Crippen molar-refractivity contribution in [1.82, 2.24) is 0 Å². The molecule has 1 aromatic rings. The third-order valence-corrected chi connectivity index (χ3v) is 2.64. The van der Waals surface area contributed by atoms with E-state index in [0.29, 0.717) is 5.75 Å². The molecule has 0 spiro atoms. The first-order valence-electron chi connectivity index (χ1n) is 5.75. The van der Waals surface area contributed by atoms with Crippen LogP contribution in [0.3, 0.4) is 0 Å². The van der Waals surface area contributed by atoms with Crippen molar-refractivity contribution in [3.8, 4) is 5.75 Å². The molecule has 0 aliphatic carbocycles. The molecule has 6 heteroatoms. The van der Waals surface area contributed by atoms with E-state index in [1.165, 1.54) is 0 Å². The number of hydrogen-bond donors (Lipinski definition) is 1. The minimum Gasteiger partial charge on any atom is -0.489 e. The monoisotopic (exact) mass is 261 g/mol. The van der Waals surface area contributed by atoms with Crippen molar-refractivity contribution in [2.75, 3.05) is 25.1 Å². The van der Waals surface area contributed by atoms with E-state index in [-0.39, 0.29) is 6.61 Å². The second kappa shape index (κ2) is 5.48. The third kappa shape index (κ3) is 3.53. The second-order valence-corrected chi connectivity index (χ2v) is 3.96. The Morgan fingerprint density at radius 2 is 2.06 bits per heavy atom. The largest absolute Gasteiger partial charge is 0.522 e. The molecule has 1 aliphatic heterocycles.